The predicted octanol–water partition coefficient (Wildman–Crippen LogP) is 5.99. The van der Waals surface area contributed by atoms with Gasteiger partial charge in [0.05, 0.1) is 18.0 Å². The Morgan fingerprint density at radius 1 is 0.971 bits per heavy atom. The third-order valence-corrected chi connectivity index (χ3v) is 8.22. The first kappa shape index (κ1) is 24.2. The monoisotopic (exact) mass is 495 g/mol. The molecule has 0 saturated heterocycles. The molecule has 0 aromatic heterocycles. The van der Waals surface area contributed by atoms with E-state index in [1.165, 1.54) is 4.31 Å². The van der Waals surface area contributed by atoms with Gasteiger partial charge in [-0.2, -0.15) is 4.31 Å². The van der Waals surface area contributed by atoms with Gasteiger partial charge in [0.25, 0.3) is 0 Å². The van der Waals surface area contributed by atoms with Crippen LogP contribution in [0.1, 0.15) is 40.9 Å². The first-order chi connectivity index (χ1) is 16.3. The number of hydrogen-bond acceptors (Lipinski definition) is 4. The van der Waals surface area contributed by atoms with Crippen molar-refractivity contribution in [2.75, 3.05) is 7.11 Å². The number of methoxy groups -OCH3 is 1. The second-order valence-electron chi connectivity index (χ2n) is 8.26. The van der Waals surface area contributed by atoms with Gasteiger partial charge in [0.2, 0.25) is 10.0 Å². The number of ketones is 1. The number of carbonyl (C=O) groups excluding carboxylic acids is 1. The van der Waals surface area contributed by atoms with Crippen molar-refractivity contribution in [3.63, 3.8) is 0 Å². The number of sulfonamides is 1. The highest BCUT2D eigenvalue weighted by Gasteiger charge is 2.45. The minimum atomic E-state index is -3.91. The predicted molar refractivity (Wildman–Crippen MR) is 134 cm³/mol. The third-order valence-electron chi connectivity index (χ3n) is 6.06. The highest BCUT2D eigenvalue weighted by molar-refractivity contribution is 7.89. The van der Waals surface area contributed by atoms with Crippen molar-refractivity contribution in [1.82, 2.24) is 4.31 Å². The van der Waals surface area contributed by atoms with Crippen LogP contribution in [-0.2, 0) is 10.0 Å². The molecule has 4 rings (SSSR count). The van der Waals surface area contributed by atoms with Crippen LogP contribution in [0.3, 0.4) is 0 Å². The van der Waals surface area contributed by atoms with Crippen LogP contribution in [0.2, 0.25) is 5.02 Å². The molecule has 0 bridgehead atoms. The van der Waals surface area contributed by atoms with Crippen LogP contribution in [0, 0.1) is 6.92 Å². The summed E-state index contributed by atoms with van der Waals surface area (Å²) in [5, 5.41) is 0.536. The van der Waals surface area contributed by atoms with Crippen LogP contribution < -0.4 is 4.74 Å². The molecule has 0 saturated carbocycles. The Labute approximate surface area is 205 Å². The number of benzene rings is 3. The fourth-order valence-corrected chi connectivity index (χ4v) is 6.16. The molecule has 0 aliphatic carbocycles. The molecule has 176 valence electrons. The standard InChI is InChI=1S/C27H26ClNO4S/c1-4-22-17-25(27(30)20-9-13-23(33-3)14-10-20)26(19-7-11-21(28)12-8-19)29(22)34(31,32)24-15-5-18(2)6-16-24/h5-17,22,26H,4H2,1-3H3/t22-,26+/m1/s1. The van der Waals surface area contributed by atoms with E-state index in [0.29, 0.717) is 33.9 Å². The lowest BCUT2D eigenvalue weighted by molar-refractivity contribution is 0.102. The van der Waals surface area contributed by atoms with Crippen LogP contribution >= 0.6 is 11.6 Å². The molecule has 2 atom stereocenters. The smallest absolute Gasteiger partial charge is 0.244 e. The Hall–Kier alpha value is -2.93. The fourth-order valence-electron chi connectivity index (χ4n) is 4.23. The Morgan fingerprint density at radius 2 is 1.59 bits per heavy atom. The van der Waals surface area contributed by atoms with E-state index in [0.717, 1.165) is 5.56 Å². The molecule has 3 aromatic carbocycles. The zero-order chi connectivity index (χ0) is 24.5. The molecule has 0 amide bonds. The van der Waals surface area contributed by atoms with Gasteiger partial charge in [-0.15, -0.1) is 0 Å². The summed E-state index contributed by atoms with van der Waals surface area (Å²) in [5.41, 5.74) is 2.55. The molecule has 0 N–H and O–H groups in total. The van der Waals surface area contributed by atoms with Gasteiger partial charge in [-0.1, -0.05) is 54.4 Å². The minimum absolute atomic E-state index is 0.196. The molecule has 3 aromatic rings. The molecule has 0 radical (unpaired) electrons. The van der Waals surface area contributed by atoms with Crippen LogP contribution in [0.15, 0.2) is 89.3 Å². The lowest BCUT2D eigenvalue weighted by atomic mass is 9.94. The number of nitrogens with zero attached hydrogens (tertiary/aromatic N) is 1. The van der Waals surface area contributed by atoms with Gasteiger partial charge in [0.1, 0.15) is 5.75 Å². The molecule has 1 aliphatic rings. The molecule has 1 heterocycles. The van der Waals surface area contributed by atoms with Crippen LogP contribution in [-0.4, -0.2) is 31.7 Å². The lowest BCUT2D eigenvalue weighted by Crippen LogP contribution is -2.38. The average molecular weight is 496 g/mol. The normalized spacial score (nSPS) is 18.5. The maximum Gasteiger partial charge on any atom is 0.244 e. The molecule has 0 spiro atoms. The molecule has 0 unspecified atom stereocenters. The molecule has 0 fully saturated rings. The van der Waals surface area contributed by atoms with Crippen molar-refractivity contribution in [3.8, 4) is 5.75 Å². The Kier molecular flexibility index (Phi) is 6.94. The van der Waals surface area contributed by atoms with Gasteiger partial charge in [-0.25, -0.2) is 8.42 Å². The molecular weight excluding hydrogens is 470 g/mol. The van der Waals surface area contributed by atoms with Gasteiger partial charge >= 0.3 is 0 Å². The van der Waals surface area contributed by atoms with Crippen molar-refractivity contribution in [3.05, 3.63) is 106 Å². The van der Waals surface area contributed by atoms with Crippen molar-refractivity contribution in [2.24, 2.45) is 0 Å². The van der Waals surface area contributed by atoms with Crippen molar-refractivity contribution in [2.45, 2.75) is 37.2 Å². The van der Waals surface area contributed by atoms with Crippen LogP contribution in [0.4, 0.5) is 0 Å². The Balaban J connectivity index is 1.84. The quantitative estimate of drug-likeness (QED) is 0.377. The van der Waals surface area contributed by atoms with Gasteiger partial charge in [0.15, 0.2) is 5.78 Å². The number of hydrogen-bond donors (Lipinski definition) is 0. The molecule has 5 nitrogen and oxygen atoms in total. The molecular formula is C27H26ClNO4S. The van der Waals surface area contributed by atoms with E-state index in [4.69, 9.17) is 16.3 Å². The summed E-state index contributed by atoms with van der Waals surface area (Å²) in [7, 11) is -2.35. The number of carbonyl (C=O) groups is 1. The molecule has 1 aliphatic heterocycles. The summed E-state index contributed by atoms with van der Waals surface area (Å²) < 4.78 is 34.4. The van der Waals surface area contributed by atoms with Gasteiger partial charge in [0, 0.05) is 22.2 Å². The number of ether oxygens (including phenoxy) is 1. The van der Waals surface area contributed by atoms with E-state index in [1.807, 2.05) is 13.8 Å². The number of rotatable bonds is 7. The van der Waals surface area contributed by atoms with Gasteiger partial charge < -0.3 is 4.74 Å². The SMILES string of the molecule is CC[C@@H]1C=C(C(=O)c2ccc(OC)cc2)[C@H](c2ccc(Cl)cc2)N1S(=O)(=O)c1ccc(C)cc1. The van der Waals surface area contributed by atoms with Crippen molar-refractivity contribution in [1.29, 1.82) is 0 Å². The molecule has 7 heteroatoms. The number of Topliss-reactive ketones (excluding diaryl/α,β-unsaturated/α-hetero) is 1. The van der Waals surface area contributed by atoms with Crippen LogP contribution in [0.25, 0.3) is 0 Å². The largest absolute Gasteiger partial charge is 0.497 e. The first-order valence-corrected chi connectivity index (χ1v) is 12.8. The summed E-state index contributed by atoms with van der Waals surface area (Å²) in [6.07, 6.45) is 2.31. The summed E-state index contributed by atoms with van der Waals surface area (Å²) in [6.45, 7) is 3.82. The summed E-state index contributed by atoms with van der Waals surface area (Å²) in [4.78, 5) is 13.9. The Morgan fingerprint density at radius 3 is 2.15 bits per heavy atom. The average Bonchev–Trinajstić information content (AvgIpc) is 3.25. The van der Waals surface area contributed by atoms with Crippen LogP contribution in [0.5, 0.6) is 5.75 Å². The van der Waals surface area contributed by atoms with Crippen molar-refractivity contribution < 1.29 is 17.9 Å². The van der Waals surface area contributed by atoms with E-state index < -0.39 is 22.1 Å². The second kappa shape index (κ2) is 9.74. The zero-order valence-corrected chi connectivity index (χ0v) is 20.8. The lowest BCUT2D eigenvalue weighted by Gasteiger charge is -2.31. The fraction of sp³-hybridized carbons (Fsp3) is 0.222. The minimum Gasteiger partial charge on any atom is -0.497 e. The molecule has 34 heavy (non-hydrogen) atoms. The van der Waals surface area contributed by atoms with Gasteiger partial charge in [-0.3, -0.25) is 4.79 Å². The summed E-state index contributed by atoms with van der Waals surface area (Å²) in [5.74, 6) is 0.420. The first-order valence-electron chi connectivity index (χ1n) is 11.0. The summed E-state index contributed by atoms with van der Waals surface area (Å²) >= 11 is 6.11. The maximum absolute atomic E-state index is 13.9. The second-order valence-corrected chi connectivity index (χ2v) is 10.5. The van der Waals surface area contributed by atoms with Gasteiger partial charge in [-0.05, 0) is 67.4 Å². The Bertz CT molecular complexity index is 1310. The van der Waals surface area contributed by atoms with E-state index in [2.05, 4.69) is 0 Å². The zero-order valence-electron chi connectivity index (χ0n) is 19.2. The van der Waals surface area contributed by atoms with E-state index in [1.54, 1.807) is 86.0 Å². The summed E-state index contributed by atoms with van der Waals surface area (Å²) in [6, 6.07) is 19.3. The number of halogens is 1. The van der Waals surface area contributed by atoms with E-state index >= 15 is 0 Å². The maximum atomic E-state index is 13.9. The van der Waals surface area contributed by atoms with Crippen molar-refractivity contribution >= 4 is 27.4 Å². The third kappa shape index (κ3) is 4.53. The van der Waals surface area contributed by atoms with E-state index in [9.17, 15) is 13.2 Å². The topological polar surface area (TPSA) is 63.7 Å². The number of aryl methyl sites for hydroxylation is 1. The van der Waals surface area contributed by atoms with E-state index in [-0.39, 0.29) is 10.7 Å². The highest BCUT2D eigenvalue weighted by Crippen LogP contribution is 2.43. The highest BCUT2D eigenvalue weighted by atomic mass is 35.5.